The molecule has 1 heterocycles. The molecule has 0 aromatic heterocycles. The van der Waals surface area contributed by atoms with E-state index in [-0.39, 0.29) is 0 Å². The molecule has 1 atom stereocenters. The first kappa shape index (κ1) is 16.4. The van der Waals surface area contributed by atoms with Crippen LogP contribution in [0.1, 0.15) is 52.9 Å². The third kappa shape index (κ3) is 5.91. The van der Waals surface area contributed by atoms with Crippen LogP contribution in [0.25, 0.3) is 0 Å². The van der Waals surface area contributed by atoms with Crippen molar-refractivity contribution in [1.82, 2.24) is 4.90 Å². The Labute approximate surface area is 117 Å². The van der Waals surface area contributed by atoms with Crippen molar-refractivity contribution in [1.29, 1.82) is 0 Å². The second-order valence-corrected chi connectivity index (χ2v) is 6.17. The van der Waals surface area contributed by atoms with Gasteiger partial charge in [0, 0.05) is 13.2 Å². The Morgan fingerprint density at radius 3 is 2.68 bits per heavy atom. The van der Waals surface area contributed by atoms with Crippen LogP contribution in [0.3, 0.4) is 0 Å². The van der Waals surface area contributed by atoms with Crippen LogP contribution in [0.4, 0.5) is 0 Å². The second-order valence-electron chi connectivity index (χ2n) is 6.17. The van der Waals surface area contributed by atoms with Crippen LogP contribution in [0.5, 0.6) is 0 Å². The number of carboxylic acids is 1. The number of nitrogens with zero attached hydrogens (tertiary/aromatic N) is 1. The van der Waals surface area contributed by atoms with Crippen molar-refractivity contribution in [2.24, 2.45) is 5.41 Å². The first-order valence-corrected chi connectivity index (χ1v) is 7.53. The van der Waals surface area contributed by atoms with Crippen LogP contribution < -0.4 is 0 Å². The first-order valence-electron chi connectivity index (χ1n) is 7.53. The summed E-state index contributed by atoms with van der Waals surface area (Å²) >= 11 is 0. The van der Waals surface area contributed by atoms with Crippen molar-refractivity contribution in [2.45, 2.75) is 59.0 Å². The summed E-state index contributed by atoms with van der Waals surface area (Å²) in [5.41, 5.74) is -0.592. The Balaban J connectivity index is 2.17. The quantitative estimate of drug-likeness (QED) is 0.655. The zero-order valence-corrected chi connectivity index (χ0v) is 12.7. The average molecular weight is 271 g/mol. The van der Waals surface area contributed by atoms with Crippen molar-refractivity contribution < 1.29 is 14.6 Å². The molecule has 19 heavy (non-hydrogen) atoms. The van der Waals surface area contributed by atoms with Crippen LogP contribution in [0.2, 0.25) is 0 Å². The number of carbonyl (C=O) groups is 1. The van der Waals surface area contributed by atoms with E-state index in [0.29, 0.717) is 6.10 Å². The minimum atomic E-state index is -0.695. The molecule has 0 amide bonds. The number of unbranched alkanes of at least 4 members (excludes halogenated alkanes) is 1. The van der Waals surface area contributed by atoms with Gasteiger partial charge in [0.05, 0.1) is 11.5 Å². The summed E-state index contributed by atoms with van der Waals surface area (Å²) in [5, 5.41) is 9.06. The molecule has 0 spiro atoms. The highest BCUT2D eigenvalue weighted by Crippen LogP contribution is 2.23. The predicted molar refractivity (Wildman–Crippen MR) is 76.4 cm³/mol. The lowest BCUT2D eigenvalue weighted by Crippen LogP contribution is -2.33. The lowest BCUT2D eigenvalue weighted by Gasteiger charge is -2.24. The summed E-state index contributed by atoms with van der Waals surface area (Å²) in [6.07, 6.45) is 5.58. The van der Waals surface area contributed by atoms with E-state index in [1.807, 2.05) is 0 Å². The molecule has 0 saturated carbocycles. The van der Waals surface area contributed by atoms with E-state index < -0.39 is 11.4 Å². The zero-order valence-electron chi connectivity index (χ0n) is 12.7. The summed E-state index contributed by atoms with van der Waals surface area (Å²) in [6, 6.07) is 0. The SMILES string of the molecule is CCN(CCCCC(C)(C)C(=O)O)CC1CCCO1. The average Bonchev–Trinajstić information content (AvgIpc) is 2.85. The maximum atomic E-state index is 11.0. The third-order valence-electron chi connectivity index (χ3n) is 4.04. The molecule has 1 saturated heterocycles. The molecule has 1 N–H and O–H groups in total. The Bertz CT molecular complexity index is 273. The fourth-order valence-corrected chi connectivity index (χ4v) is 2.46. The van der Waals surface area contributed by atoms with Gasteiger partial charge < -0.3 is 14.7 Å². The highest BCUT2D eigenvalue weighted by Gasteiger charge is 2.26. The second kappa shape index (κ2) is 7.85. The van der Waals surface area contributed by atoms with Crippen LogP contribution in [0, 0.1) is 5.41 Å². The molecule has 0 radical (unpaired) electrons. The smallest absolute Gasteiger partial charge is 0.309 e. The standard InChI is InChI=1S/C15H29NO3/c1-4-16(12-13-8-7-11-19-13)10-6-5-9-15(2,3)14(17)18/h13H,4-12H2,1-3H3,(H,17,18). The molecule has 1 unspecified atom stereocenters. The van der Waals surface area contributed by atoms with Crippen molar-refractivity contribution in [3.8, 4) is 0 Å². The van der Waals surface area contributed by atoms with Gasteiger partial charge in [-0.1, -0.05) is 13.3 Å². The lowest BCUT2D eigenvalue weighted by molar-refractivity contribution is -0.147. The summed E-state index contributed by atoms with van der Waals surface area (Å²) < 4.78 is 5.66. The minimum Gasteiger partial charge on any atom is -0.481 e. The van der Waals surface area contributed by atoms with E-state index in [1.165, 1.54) is 12.8 Å². The van der Waals surface area contributed by atoms with Crippen LogP contribution in [0.15, 0.2) is 0 Å². The normalized spacial score (nSPS) is 20.1. The fraction of sp³-hybridized carbons (Fsp3) is 0.933. The van der Waals surface area contributed by atoms with Gasteiger partial charge in [-0.2, -0.15) is 0 Å². The van der Waals surface area contributed by atoms with E-state index in [9.17, 15) is 4.79 Å². The van der Waals surface area contributed by atoms with Gasteiger partial charge in [0.15, 0.2) is 0 Å². The number of aliphatic carboxylic acids is 1. The molecule has 1 aliphatic heterocycles. The van der Waals surface area contributed by atoms with E-state index in [0.717, 1.165) is 45.5 Å². The van der Waals surface area contributed by atoms with Crippen LogP contribution in [-0.4, -0.2) is 48.3 Å². The number of rotatable bonds is 9. The Kier molecular flexibility index (Phi) is 6.80. The van der Waals surface area contributed by atoms with Gasteiger partial charge in [-0.3, -0.25) is 4.79 Å². The van der Waals surface area contributed by atoms with Gasteiger partial charge >= 0.3 is 5.97 Å². The molecule has 4 heteroatoms. The highest BCUT2D eigenvalue weighted by molar-refractivity contribution is 5.73. The van der Waals surface area contributed by atoms with E-state index in [2.05, 4.69) is 11.8 Å². The Hall–Kier alpha value is -0.610. The van der Waals surface area contributed by atoms with E-state index in [1.54, 1.807) is 13.8 Å². The van der Waals surface area contributed by atoms with Gasteiger partial charge in [-0.15, -0.1) is 0 Å². The molecule has 1 fully saturated rings. The van der Waals surface area contributed by atoms with Crippen molar-refractivity contribution >= 4 is 5.97 Å². The summed E-state index contributed by atoms with van der Waals surface area (Å²) in [6.45, 7) is 9.82. The fourth-order valence-electron chi connectivity index (χ4n) is 2.46. The first-order chi connectivity index (χ1) is 8.95. The van der Waals surface area contributed by atoms with Gasteiger partial charge in [0.1, 0.15) is 0 Å². The number of carboxylic acid groups (broad SMARTS) is 1. The van der Waals surface area contributed by atoms with Crippen LogP contribution in [-0.2, 0) is 9.53 Å². The third-order valence-corrected chi connectivity index (χ3v) is 4.04. The number of ether oxygens (including phenoxy) is 1. The molecule has 1 aliphatic rings. The molecule has 0 aliphatic carbocycles. The Morgan fingerprint density at radius 1 is 1.42 bits per heavy atom. The largest absolute Gasteiger partial charge is 0.481 e. The predicted octanol–water partition coefficient (Wildman–Crippen LogP) is 2.77. The number of likely N-dealkylation sites (N-methyl/N-ethyl adjacent to an activating group) is 1. The lowest BCUT2D eigenvalue weighted by atomic mass is 9.87. The number of hydrogen-bond donors (Lipinski definition) is 1. The minimum absolute atomic E-state index is 0.412. The molecule has 0 aromatic rings. The summed E-state index contributed by atoms with van der Waals surface area (Å²) in [7, 11) is 0. The maximum absolute atomic E-state index is 11.0. The van der Waals surface area contributed by atoms with E-state index in [4.69, 9.17) is 9.84 Å². The monoisotopic (exact) mass is 271 g/mol. The highest BCUT2D eigenvalue weighted by atomic mass is 16.5. The van der Waals surface area contributed by atoms with Gasteiger partial charge in [0.25, 0.3) is 0 Å². The molecule has 4 nitrogen and oxygen atoms in total. The topological polar surface area (TPSA) is 49.8 Å². The number of hydrogen-bond acceptors (Lipinski definition) is 3. The van der Waals surface area contributed by atoms with Crippen LogP contribution >= 0.6 is 0 Å². The summed E-state index contributed by atoms with van der Waals surface area (Å²) in [4.78, 5) is 13.4. The molecule has 112 valence electrons. The molecular formula is C15H29NO3. The van der Waals surface area contributed by atoms with Gasteiger partial charge in [-0.25, -0.2) is 0 Å². The molecule has 0 aromatic carbocycles. The molecule has 0 bridgehead atoms. The summed E-state index contributed by atoms with van der Waals surface area (Å²) in [5.74, 6) is -0.695. The molecule has 1 rings (SSSR count). The van der Waals surface area contributed by atoms with E-state index >= 15 is 0 Å². The Morgan fingerprint density at radius 2 is 2.16 bits per heavy atom. The zero-order chi connectivity index (χ0) is 14.3. The van der Waals surface area contributed by atoms with Crippen molar-refractivity contribution in [2.75, 3.05) is 26.2 Å². The van der Waals surface area contributed by atoms with Crippen molar-refractivity contribution in [3.63, 3.8) is 0 Å². The van der Waals surface area contributed by atoms with Gasteiger partial charge in [0.2, 0.25) is 0 Å². The van der Waals surface area contributed by atoms with Crippen molar-refractivity contribution in [3.05, 3.63) is 0 Å². The molecular weight excluding hydrogens is 242 g/mol. The van der Waals surface area contributed by atoms with Gasteiger partial charge in [-0.05, 0) is 52.6 Å². The maximum Gasteiger partial charge on any atom is 0.309 e.